The molecule has 2 amide bonds. The van der Waals surface area contributed by atoms with Crippen molar-refractivity contribution in [3.63, 3.8) is 0 Å². The number of anilines is 1. The molecule has 0 aromatic carbocycles. The van der Waals surface area contributed by atoms with Crippen LogP contribution in [0.1, 0.15) is 6.42 Å². The van der Waals surface area contributed by atoms with E-state index in [1.54, 1.807) is 24.4 Å². The van der Waals surface area contributed by atoms with E-state index in [4.69, 9.17) is 9.47 Å². The first-order valence-electron chi connectivity index (χ1n) is 7.28. The van der Waals surface area contributed by atoms with E-state index in [-0.39, 0.29) is 12.1 Å². The van der Waals surface area contributed by atoms with E-state index in [2.05, 4.69) is 15.3 Å². The smallest absolute Gasteiger partial charge is 0.317 e. The Morgan fingerprint density at radius 1 is 1.50 bits per heavy atom. The van der Waals surface area contributed by atoms with Gasteiger partial charge in [0, 0.05) is 40.7 Å². The third-order valence-corrected chi connectivity index (χ3v) is 3.36. The van der Waals surface area contributed by atoms with Crippen LogP contribution < -0.4 is 15.0 Å². The number of carbonyl (C=O) groups is 1. The summed E-state index contributed by atoms with van der Waals surface area (Å²) < 4.78 is 10.7. The van der Waals surface area contributed by atoms with Gasteiger partial charge in [-0.05, 0) is 0 Å². The molecular weight excluding hydrogens is 286 g/mol. The number of urea groups is 1. The van der Waals surface area contributed by atoms with Gasteiger partial charge >= 0.3 is 6.03 Å². The highest BCUT2D eigenvalue weighted by molar-refractivity contribution is 5.74. The molecule has 1 aromatic rings. The fraction of sp³-hybridized carbons (Fsp3) is 0.643. The van der Waals surface area contributed by atoms with Crippen LogP contribution in [0, 0.1) is 0 Å². The van der Waals surface area contributed by atoms with Gasteiger partial charge < -0.3 is 24.6 Å². The van der Waals surface area contributed by atoms with E-state index < -0.39 is 0 Å². The maximum absolute atomic E-state index is 11.9. The third kappa shape index (κ3) is 4.45. The number of ether oxygens (including phenoxy) is 2. The summed E-state index contributed by atoms with van der Waals surface area (Å²) in [6, 6.07) is -0.0868. The van der Waals surface area contributed by atoms with Crippen molar-refractivity contribution in [3.8, 4) is 5.88 Å². The summed E-state index contributed by atoms with van der Waals surface area (Å²) in [5.41, 5.74) is 0. The molecule has 22 heavy (non-hydrogen) atoms. The number of amides is 2. The molecule has 1 aliphatic heterocycles. The zero-order valence-electron chi connectivity index (χ0n) is 13.3. The Balaban J connectivity index is 1.83. The van der Waals surface area contributed by atoms with Gasteiger partial charge in [-0.2, -0.15) is 4.98 Å². The van der Waals surface area contributed by atoms with E-state index in [9.17, 15) is 4.79 Å². The highest BCUT2D eigenvalue weighted by Crippen LogP contribution is 2.18. The highest BCUT2D eigenvalue weighted by Gasteiger charge is 2.27. The van der Waals surface area contributed by atoms with E-state index >= 15 is 0 Å². The Morgan fingerprint density at radius 2 is 2.32 bits per heavy atom. The van der Waals surface area contributed by atoms with Crippen molar-refractivity contribution in [2.75, 3.05) is 52.3 Å². The van der Waals surface area contributed by atoms with Crippen LogP contribution in [0.15, 0.2) is 12.4 Å². The van der Waals surface area contributed by atoms with Gasteiger partial charge in [0.1, 0.15) is 6.10 Å². The molecule has 1 saturated heterocycles. The van der Waals surface area contributed by atoms with Crippen LogP contribution in [0.4, 0.5) is 10.6 Å². The number of hydrogen-bond acceptors (Lipinski definition) is 6. The van der Waals surface area contributed by atoms with Gasteiger partial charge in [-0.1, -0.05) is 0 Å². The number of carbonyl (C=O) groups excluding carboxylic acids is 1. The second kappa shape index (κ2) is 7.79. The molecule has 1 unspecified atom stereocenters. The minimum Gasteiger partial charge on any atom is -0.471 e. The van der Waals surface area contributed by atoms with Crippen molar-refractivity contribution in [2.45, 2.75) is 12.5 Å². The van der Waals surface area contributed by atoms with Crippen molar-refractivity contribution in [1.29, 1.82) is 0 Å². The average molecular weight is 309 g/mol. The molecule has 0 bridgehead atoms. The monoisotopic (exact) mass is 309 g/mol. The summed E-state index contributed by atoms with van der Waals surface area (Å²) in [6.07, 6.45) is 4.00. The summed E-state index contributed by atoms with van der Waals surface area (Å²) in [4.78, 5) is 24.0. The number of nitrogens with one attached hydrogen (secondary N) is 1. The molecule has 2 rings (SSSR count). The van der Waals surface area contributed by atoms with Crippen molar-refractivity contribution < 1.29 is 14.3 Å². The van der Waals surface area contributed by atoms with Gasteiger partial charge in [-0.25, -0.2) is 4.79 Å². The summed E-state index contributed by atoms with van der Waals surface area (Å²) in [5, 5.41) is 2.81. The maximum atomic E-state index is 11.9. The van der Waals surface area contributed by atoms with Gasteiger partial charge in [0.15, 0.2) is 5.82 Å². The van der Waals surface area contributed by atoms with Crippen LogP contribution in [0.2, 0.25) is 0 Å². The molecule has 0 radical (unpaired) electrons. The third-order valence-electron chi connectivity index (χ3n) is 3.36. The van der Waals surface area contributed by atoms with Crippen LogP contribution in [0.25, 0.3) is 0 Å². The topological polar surface area (TPSA) is 79.8 Å². The Hall–Kier alpha value is -2.09. The van der Waals surface area contributed by atoms with Crippen molar-refractivity contribution in [3.05, 3.63) is 12.4 Å². The molecule has 1 aliphatic rings. The second-order valence-corrected chi connectivity index (χ2v) is 5.31. The van der Waals surface area contributed by atoms with Crippen molar-refractivity contribution >= 4 is 11.8 Å². The Bertz CT molecular complexity index is 497. The lowest BCUT2D eigenvalue weighted by Gasteiger charge is -2.18. The number of likely N-dealkylation sites (tertiary alicyclic amines) is 1. The number of rotatable bonds is 6. The summed E-state index contributed by atoms with van der Waals surface area (Å²) in [5.74, 6) is 1.22. The number of nitrogens with zero attached hydrogens (tertiary/aromatic N) is 4. The molecule has 8 heteroatoms. The number of aromatic nitrogens is 2. The Kier molecular flexibility index (Phi) is 5.76. The first kappa shape index (κ1) is 16.3. The fourth-order valence-electron chi connectivity index (χ4n) is 2.16. The molecule has 1 N–H and O–H groups in total. The van der Waals surface area contributed by atoms with Crippen molar-refractivity contribution in [1.82, 2.24) is 20.2 Å². The summed E-state index contributed by atoms with van der Waals surface area (Å²) >= 11 is 0. The SMILES string of the molecule is COCCNC(=O)N1CCC(Oc2cncc(N(C)C)n2)C1. The highest BCUT2D eigenvalue weighted by atomic mass is 16.5. The van der Waals surface area contributed by atoms with Gasteiger partial charge in [0.2, 0.25) is 5.88 Å². The molecule has 1 atom stereocenters. The number of hydrogen-bond donors (Lipinski definition) is 1. The lowest BCUT2D eigenvalue weighted by Crippen LogP contribution is -2.40. The van der Waals surface area contributed by atoms with Gasteiger partial charge in [0.25, 0.3) is 0 Å². The van der Waals surface area contributed by atoms with E-state index in [1.807, 2.05) is 19.0 Å². The zero-order valence-corrected chi connectivity index (χ0v) is 13.3. The van der Waals surface area contributed by atoms with E-state index in [0.717, 1.165) is 12.2 Å². The van der Waals surface area contributed by atoms with E-state index in [1.165, 1.54) is 0 Å². The van der Waals surface area contributed by atoms with Crippen LogP contribution in [-0.4, -0.2) is 74.4 Å². The van der Waals surface area contributed by atoms with Crippen LogP contribution in [0.3, 0.4) is 0 Å². The summed E-state index contributed by atoms with van der Waals surface area (Å²) in [7, 11) is 5.40. The number of methoxy groups -OCH3 is 1. The first-order valence-corrected chi connectivity index (χ1v) is 7.28. The predicted molar refractivity (Wildman–Crippen MR) is 82.2 cm³/mol. The Labute approximate surface area is 130 Å². The van der Waals surface area contributed by atoms with E-state index in [0.29, 0.717) is 32.1 Å². The normalized spacial score (nSPS) is 17.4. The quantitative estimate of drug-likeness (QED) is 0.764. The van der Waals surface area contributed by atoms with Crippen LogP contribution in [0.5, 0.6) is 5.88 Å². The fourth-order valence-corrected chi connectivity index (χ4v) is 2.16. The minimum absolute atomic E-state index is 0.0557. The largest absolute Gasteiger partial charge is 0.471 e. The van der Waals surface area contributed by atoms with Gasteiger partial charge in [-0.3, -0.25) is 4.98 Å². The summed E-state index contributed by atoms with van der Waals surface area (Å²) in [6.45, 7) is 2.23. The lowest BCUT2D eigenvalue weighted by molar-refractivity contribution is 0.174. The molecule has 0 aliphatic carbocycles. The van der Waals surface area contributed by atoms with Gasteiger partial charge in [0.05, 0.1) is 25.5 Å². The molecule has 8 nitrogen and oxygen atoms in total. The standard InChI is InChI=1S/C14H23N5O3/c1-18(2)12-8-15-9-13(17-12)22-11-4-6-19(10-11)14(20)16-5-7-21-3/h8-9,11H,4-7,10H2,1-3H3,(H,16,20). The molecular formula is C14H23N5O3. The minimum atomic E-state index is -0.0868. The maximum Gasteiger partial charge on any atom is 0.317 e. The predicted octanol–water partition coefficient (Wildman–Crippen LogP) is 0.352. The van der Waals surface area contributed by atoms with Crippen LogP contribution in [-0.2, 0) is 4.74 Å². The molecule has 2 heterocycles. The molecule has 0 spiro atoms. The average Bonchev–Trinajstić information content (AvgIpc) is 2.96. The first-order chi connectivity index (χ1) is 10.6. The zero-order chi connectivity index (χ0) is 15.9. The lowest BCUT2D eigenvalue weighted by atomic mass is 10.3. The Morgan fingerprint density at radius 3 is 3.05 bits per heavy atom. The van der Waals surface area contributed by atoms with Crippen LogP contribution >= 0.6 is 0 Å². The van der Waals surface area contributed by atoms with Gasteiger partial charge in [-0.15, -0.1) is 0 Å². The van der Waals surface area contributed by atoms with Crippen molar-refractivity contribution in [2.24, 2.45) is 0 Å². The molecule has 1 fully saturated rings. The molecule has 1 aromatic heterocycles. The second-order valence-electron chi connectivity index (χ2n) is 5.31. The molecule has 122 valence electrons. The molecule has 0 saturated carbocycles.